The summed E-state index contributed by atoms with van der Waals surface area (Å²) in [4.78, 5) is 69.0. The number of aliphatic hydroxyl groups excluding tert-OH is 1. The van der Waals surface area contributed by atoms with Crippen LogP contribution in [0.4, 0.5) is 4.79 Å². The van der Waals surface area contributed by atoms with E-state index in [2.05, 4.69) is 34.6 Å². The molecule has 1 N–H and O–H groups in total. The number of carbonyl (C=O) groups is 6. The number of rotatable bonds is 23. The number of amides is 4. The average Bonchev–Trinajstić information content (AvgIpc) is 0.886. The number of Topliss-reactive ketones (excluding diaryl/α,β-unsaturated/α-hetero) is 2. The summed E-state index contributed by atoms with van der Waals surface area (Å²) in [7, 11) is 1.04. The van der Waals surface area contributed by atoms with Gasteiger partial charge in [-0.25, -0.2) is 4.79 Å². The number of imide groups is 2. The van der Waals surface area contributed by atoms with Crippen LogP contribution in [-0.2, 0) is 94.6 Å². The number of aryl methyl sites for hydroxylation is 3. The first-order valence-electron chi connectivity index (χ1n) is 35.6. The molecule has 7 unspecified atom stereocenters. The zero-order valence-electron chi connectivity index (χ0n) is 69.0. The third kappa shape index (κ3) is 72.3. The molecule has 0 spiro atoms. The fourth-order valence-corrected chi connectivity index (χ4v) is 12.4. The number of ketones is 2. The van der Waals surface area contributed by atoms with Gasteiger partial charge < -0.3 is 42.4 Å². The normalized spacial score (nSPS) is 14.3. The van der Waals surface area contributed by atoms with Crippen molar-refractivity contribution >= 4 is 113 Å². The monoisotopic (exact) mass is 1770 g/mol. The molecule has 8 rings (SSSR count). The van der Waals surface area contributed by atoms with Crippen molar-refractivity contribution in [1.29, 1.82) is 0 Å². The first kappa shape index (κ1) is 136. The minimum absolute atomic E-state index is 0. The summed E-state index contributed by atoms with van der Waals surface area (Å²) >= 11 is -7.25. The molecule has 0 radical (unpaired) electrons. The largest absolute Gasteiger partial charge is 1.00 e. The maximum atomic E-state index is 11.0. The van der Waals surface area contributed by atoms with Gasteiger partial charge in [-0.15, -0.1) is 11.3 Å². The van der Waals surface area contributed by atoms with E-state index in [4.69, 9.17) is 18.6 Å². The molecule has 1 aliphatic carbocycles. The van der Waals surface area contributed by atoms with Crippen molar-refractivity contribution in [2.24, 2.45) is 11.3 Å². The minimum Gasteiger partial charge on any atom is -0.771 e. The zero-order chi connectivity index (χ0) is 81.2. The van der Waals surface area contributed by atoms with Gasteiger partial charge in [-0.05, 0) is 194 Å². The Hall–Kier alpha value is -1.38. The van der Waals surface area contributed by atoms with Gasteiger partial charge in [0, 0.05) is 99.8 Å². The summed E-state index contributed by atoms with van der Waals surface area (Å²) in [6.07, 6.45) is 23.0. The van der Waals surface area contributed by atoms with Crippen molar-refractivity contribution in [3.05, 3.63) is 137 Å². The van der Waals surface area contributed by atoms with Crippen molar-refractivity contribution < 1.29 is 210 Å². The van der Waals surface area contributed by atoms with E-state index in [1.807, 2.05) is 96.1 Å². The van der Waals surface area contributed by atoms with Crippen molar-refractivity contribution in [1.82, 2.24) is 9.80 Å². The number of hydrogen-bond donors (Lipinski definition) is 1. The molecule has 5 aromatic rings. The molecule has 4 amide bonds. The van der Waals surface area contributed by atoms with Gasteiger partial charge in [0.05, 0.1) is 36.8 Å². The van der Waals surface area contributed by atoms with Crippen LogP contribution >= 0.6 is 11.3 Å². The molecule has 3 fully saturated rings. The summed E-state index contributed by atoms with van der Waals surface area (Å²) in [5.74, 6) is -2.59. The number of carboxylic acid groups (broad SMARTS) is 1. The maximum absolute atomic E-state index is 11.0. The summed E-state index contributed by atoms with van der Waals surface area (Å²) in [5, 5.41) is 19.6. The van der Waals surface area contributed by atoms with Crippen LogP contribution in [0.2, 0.25) is 0 Å². The van der Waals surface area contributed by atoms with Gasteiger partial charge in [-0.3, -0.25) is 54.2 Å². The van der Waals surface area contributed by atoms with E-state index in [0.29, 0.717) is 33.3 Å². The number of thiophene rings is 1. The van der Waals surface area contributed by atoms with Gasteiger partial charge in [-0.1, -0.05) is 201 Å². The quantitative estimate of drug-likeness (QED) is 0.0419. The molecule has 2 aliphatic heterocycles. The zero-order valence-corrected chi connectivity index (χ0v) is 82.7. The molecule has 33 heteroatoms. The Morgan fingerprint density at radius 3 is 1.06 bits per heavy atom. The number of carboxylic acids is 1. The number of carbonyl (C=O) groups excluding carboxylic acids is 6. The topological polar surface area (TPSA) is 356 Å². The molecule has 634 valence electrons. The Bertz CT molecular complexity index is 3140. The number of hydrogen-bond acceptors (Lipinski definition) is 20. The van der Waals surface area contributed by atoms with Gasteiger partial charge in [0.25, 0.3) is 0 Å². The van der Waals surface area contributed by atoms with E-state index in [1.54, 1.807) is 78.6 Å². The fourth-order valence-electron chi connectivity index (χ4n) is 9.55. The maximum Gasteiger partial charge on any atom is 1.00 e. The predicted molar refractivity (Wildman–Crippen MR) is 449 cm³/mol. The molecular formula is C81H135N3Na4O19S7. The average molecular weight is 1770 g/mol. The number of aliphatic hydroxyl groups is 1. The number of quaternary nitrogens is 1. The van der Waals surface area contributed by atoms with Gasteiger partial charge in [-0.2, -0.15) is 0 Å². The Morgan fingerprint density at radius 2 is 0.842 bits per heavy atom. The van der Waals surface area contributed by atoms with Gasteiger partial charge in [0.1, 0.15) is 23.9 Å². The number of ether oxygens (including phenoxy) is 1. The first-order chi connectivity index (χ1) is 50.0. The molecule has 1 saturated carbocycles. The van der Waals surface area contributed by atoms with Crippen LogP contribution in [0.25, 0.3) is 0 Å². The van der Waals surface area contributed by atoms with E-state index in [1.165, 1.54) is 132 Å². The van der Waals surface area contributed by atoms with E-state index >= 15 is 0 Å². The smallest absolute Gasteiger partial charge is 0.771 e. The Labute approximate surface area is 795 Å². The van der Waals surface area contributed by atoms with Crippen molar-refractivity contribution in [2.45, 2.75) is 252 Å². The van der Waals surface area contributed by atoms with Crippen molar-refractivity contribution in [2.75, 3.05) is 71.9 Å². The molecule has 1 aromatic heterocycles. The van der Waals surface area contributed by atoms with Crippen molar-refractivity contribution in [3.8, 4) is 0 Å². The van der Waals surface area contributed by atoms with Crippen molar-refractivity contribution in [3.63, 3.8) is 0 Å². The molecule has 3 aliphatic rings. The second kappa shape index (κ2) is 83.9. The van der Waals surface area contributed by atoms with E-state index in [9.17, 15) is 68.6 Å². The molecule has 4 aromatic carbocycles. The fraction of sp³-hybridized carbons (Fsp3) is 0.580. The van der Waals surface area contributed by atoms with E-state index in [0.717, 1.165) is 63.2 Å². The minimum atomic E-state index is -2.27. The van der Waals surface area contributed by atoms with E-state index < -0.39 is 95.7 Å². The number of unbranched alkanes of at least 4 members (excludes halogenated alkanes) is 5. The second-order valence-electron chi connectivity index (χ2n) is 25.8. The summed E-state index contributed by atoms with van der Waals surface area (Å²) in [6.45, 7) is 30.7. The van der Waals surface area contributed by atoms with Crippen LogP contribution in [0.1, 0.15) is 224 Å². The standard InChI is InChI=1S/C16H36N.C8H12O2.C8H16O2.C8H10OS.2C7H8O2S.C7H8OS.C6H8N2O3.C5H10O.C4H4O2S2.CH4O3S.4CH4.4Na/c1-5-9-13-17(14-10-6-2,15-11-7-3)16-12-8-4;1-8(2)4-6(9)3-7(10)5-8;1-3-5-6-7(4-2)8(9)10;1-7-3-5-8(6-4-7)10(2)9;2*1-6-2-4-7(5-3-6)10(8)9;1-9(8)7-5-3-2-4-6-7;1-7-4(9)3-5(10)8(2)6(7)11;1-2-4-6-5-3-1;5-8(6)4-2-1-3-7-4;2-1-5(3)4;;;;;;;;/h5-16H2,1-4H3;3-5H2,1-2H3;7H,3-6H2,1-2H3,(H,9,10);3-6H,1-2H3;2*2-5H,1H3,(H,8,9);2-6H,1H3;3H2,1-2H3;1-5H2;1-3H,(H,5,6);2H,1H2,(H,3,4);4*1H4;;;;/q+1;;;;;;;;;;;;;;;4*+1/p-5. The Morgan fingerprint density at radius 1 is 0.509 bits per heavy atom. The van der Waals surface area contributed by atoms with Crippen LogP contribution in [-0.4, -0.2) is 170 Å². The van der Waals surface area contributed by atoms with E-state index in [-0.39, 0.29) is 184 Å². The van der Waals surface area contributed by atoms with Crippen LogP contribution in [0, 0.1) is 32.1 Å². The molecule has 3 heterocycles. The van der Waals surface area contributed by atoms with Gasteiger partial charge >= 0.3 is 124 Å². The third-order valence-corrected chi connectivity index (χ3v) is 21.0. The van der Waals surface area contributed by atoms with Gasteiger partial charge in [0.2, 0.25) is 11.8 Å². The first-order valence-corrected chi connectivity index (χ1v) is 44.1. The molecule has 114 heavy (non-hydrogen) atoms. The summed E-state index contributed by atoms with van der Waals surface area (Å²) in [5.41, 5.74) is 3.25. The van der Waals surface area contributed by atoms with Crippen LogP contribution < -0.4 is 123 Å². The number of nitrogens with zero attached hydrogens (tertiary/aromatic N) is 3. The summed E-state index contributed by atoms with van der Waals surface area (Å²) in [6, 6.07) is 33.2. The second-order valence-corrected chi connectivity index (χ2v) is 33.4. The predicted octanol–water partition coefficient (Wildman–Crippen LogP) is 3.89. The molecule has 2 saturated heterocycles. The summed E-state index contributed by atoms with van der Waals surface area (Å²) < 4.78 is 108. The van der Waals surface area contributed by atoms with Crippen LogP contribution in [0.3, 0.4) is 0 Å². The SMILES string of the molecule is C.C.C.C.C1CCOCC1.CC1(C)CC(=O)CC(=O)C1.CCCCC(CC)C(=O)[O-].CCCC[N+](CCCC)(CCCC)CCCC.CN1C(=O)CC(=O)N(C)C1=O.CS(=O)c1ccccc1.Cc1ccc(S(=O)[O-])cc1.Cc1ccc(S(=O)[O-])cc1.Cc1ccc(S(C)=O)cc1.O=S([O-])CO.O=S([O-])c1cccs1.[Na+].[Na+].[Na+].[Na+]. The molecule has 7 atom stereocenters. The molecule has 0 bridgehead atoms. The Balaban J connectivity index is -0.000000114. The Kier molecular flexibility index (Phi) is 100.0. The number of benzene rings is 4. The van der Waals surface area contributed by atoms with Crippen LogP contribution in [0.5, 0.6) is 0 Å². The number of barbiturate groups is 1. The van der Waals surface area contributed by atoms with Crippen LogP contribution in [0.15, 0.2) is 144 Å². The van der Waals surface area contributed by atoms with Gasteiger partial charge in [0.15, 0.2) is 0 Å². The molecular weight excluding hydrogens is 1640 g/mol. The number of urea groups is 1. The third-order valence-electron chi connectivity index (χ3n) is 15.7. The number of aliphatic carboxylic acids is 1. The molecule has 22 nitrogen and oxygen atoms in total.